The summed E-state index contributed by atoms with van der Waals surface area (Å²) < 4.78 is 6.02. The van der Waals surface area contributed by atoms with Crippen LogP contribution in [0.25, 0.3) is 11.1 Å². The Morgan fingerprint density at radius 2 is 1.62 bits per heavy atom. The Labute approximate surface area is 205 Å². The normalized spacial score (nSPS) is 12.9. The van der Waals surface area contributed by atoms with Crippen molar-refractivity contribution < 1.29 is 24.2 Å². The first-order chi connectivity index (χ1) is 16.4. The van der Waals surface area contributed by atoms with E-state index in [0.29, 0.717) is 10.2 Å². The van der Waals surface area contributed by atoms with Crippen LogP contribution in [0.1, 0.15) is 40.7 Å². The van der Waals surface area contributed by atoms with Crippen LogP contribution in [-0.2, 0) is 9.53 Å². The van der Waals surface area contributed by atoms with Crippen LogP contribution in [0.5, 0.6) is 0 Å². The molecule has 7 nitrogen and oxygen atoms in total. The molecule has 1 aliphatic rings. The summed E-state index contributed by atoms with van der Waals surface area (Å²) in [6.45, 7) is 1.84. The fourth-order valence-electron chi connectivity index (χ4n) is 4.10. The third-order valence-corrected chi connectivity index (χ3v) is 6.50. The molecule has 0 aliphatic heterocycles. The van der Waals surface area contributed by atoms with E-state index < -0.39 is 24.0 Å². The summed E-state index contributed by atoms with van der Waals surface area (Å²) in [4.78, 5) is 36.3. The molecule has 4 rings (SSSR count). The Hall–Kier alpha value is -3.65. The fourth-order valence-corrected chi connectivity index (χ4v) is 4.53. The molecule has 174 valence electrons. The zero-order chi connectivity index (χ0) is 24.2. The van der Waals surface area contributed by atoms with Gasteiger partial charge in [0, 0.05) is 16.1 Å². The standard InChI is InChI=1S/C26H23BrN2O5/c1-2-23(25(31)32)29-24(30)20-13-15(11-12-22(20)27)28-26(33)34-14-21-18-9-5-3-7-16(18)17-8-4-6-10-19(17)21/h3-13,21,23H,2,14H2,1H3,(H,28,33)(H,29,30)(H,31,32). The molecule has 0 heterocycles. The monoisotopic (exact) mass is 522 g/mol. The molecule has 1 unspecified atom stereocenters. The highest BCUT2D eigenvalue weighted by molar-refractivity contribution is 9.10. The van der Waals surface area contributed by atoms with Crippen LogP contribution in [0, 0.1) is 0 Å². The summed E-state index contributed by atoms with van der Waals surface area (Å²) in [5, 5.41) is 14.3. The third kappa shape index (κ3) is 4.82. The first kappa shape index (κ1) is 23.5. The molecule has 2 amide bonds. The minimum atomic E-state index is -1.11. The van der Waals surface area contributed by atoms with E-state index in [-0.39, 0.29) is 24.5 Å². The fraction of sp³-hybridized carbons (Fsp3) is 0.192. The average molecular weight is 523 g/mol. The van der Waals surface area contributed by atoms with Crippen molar-refractivity contribution in [3.8, 4) is 11.1 Å². The van der Waals surface area contributed by atoms with Crippen LogP contribution in [-0.4, -0.2) is 35.7 Å². The third-order valence-electron chi connectivity index (χ3n) is 5.81. The summed E-state index contributed by atoms with van der Waals surface area (Å²) in [6, 6.07) is 19.8. The highest BCUT2D eigenvalue weighted by atomic mass is 79.9. The van der Waals surface area contributed by atoms with Crippen molar-refractivity contribution in [1.29, 1.82) is 0 Å². The van der Waals surface area contributed by atoms with E-state index in [0.717, 1.165) is 22.3 Å². The predicted molar refractivity (Wildman–Crippen MR) is 132 cm³/mol. The lowest BCUT2D eigenvalue weighted by molar-refractivity contribution is -0.139. The number of aliphatic carboxylic acids is 1. The van der Waals surface area contributed by atoms with Gasteiger partial charge in [0.25, 0.3) is 5.91 Å². The highest BCUT2D eigenvalue weighted by Gasteiger charge is 2.29. The number of fused-ring (bicyclic) bond motifs is 3. The smallest absolute Gasteiger partial charge is 0.411 e. The lowest BCUT2D eigenvalue weighted by atomic mass is 9.98. The molecule has 1 aliphatic carbocycles. The van der Waals surface area contributed by atoms with Crippen LogP contribution in [0.4, 0.5) is 10.5 Å². The van der Waals surface area contributed by atoms with Gasteiger partial charge in [-0.15, -0.1) is 0 Å². The van der Waals surface area contributed by atoms with Gasteiger partial charge >= 0.3 is 12.1 Å². The molecule has 34 heavy (non-hydrogen) atoms. The van der Waals surface area contributed by atoms with Gasteiger partial charge in [-0.05, 0) is 62.8 Å². The van der Waals surface area contributed by atoms with E-state index in [1.165, 1.54) is 6.07 Å². The molecule has 0 aromatic heterocycles. The molecule has 3 N–H and O–H groups in total. The molecule has 1 atom stereocenters. The van der Waals surface area contributed by atoms with Gasteiger partial charge in [0.2, 0.25) is 0 Å². The van der Waals surface area contributed by atoms with Crippen molar-refractivity contribution in [3.05, 3.63) is 87.9 Å². The van der Waals surface area contributed by atoms with E-state index in [9.17, 15) is 19.5 Å². The number of rotatable bonds is 7. The van der Waals surface area contributed by atoms with Crippen molar-refractivity contribution in [1.82, 2.24) is 5.32 Å². The molecular weight excluding hydrogens is 500 g/mol. The minimum absolute atomic E-state index is 0.0635. The molecular formula is C26H23BrN2O5. The second kappa shape index (κ2) is 10.1. The van der Waals surface area contributed by atoms with E-state index in [4.69, 9.17) is 4.74 Å². The van der Waals surface area contributed by atoms with Gasteiger partial charge in [0.15, 0.2) is 0 Å². The minimum Gasteiger partial charge on any atom is -0.480 e. The molecule has 0 radical (unpaired) electrons. The van der Waals surface area contributed by atoms with Crippen LogP contribution in [0.2, 0.25) is 0 Å². The summed E-state index contributed by atoms with van der Waals surface area (Å²) in [5.41, 5.74) is 5.07. The van der Waals surface area contributed by atoms with Crippen molar-refractivity contribution in [3.63, 3.8) is 0 Å². The van der Waals surface area contributed by atoms with Gasteiger partial charge in [-0.3, -0.25) is 10.1 Å². The van der Waals surface area contributed by atoms with Gasteiger partial charge < -0.3 is 15.2 Å². The van der Waals surface area contributed by atoms with Gasteiger partial charge in [-0.2, -0.15) is 0 Å². The maximum absolute atomic E-state index is 12.6. The number of carbonyl (C=O) groups is 3. The lowest BCUT2D eigenvalue weighted by Gasteiger charge is -2.16. The Morgan fingerprint density at radius 3 is 2.21 bits per heavy atom. The topological polar surface area (TPSA) is 105 Å². The van der Waals surface area contributed by atoms with Gasteiger partial charge in [0.05, 0.1) is 5.56 Å². The molecule has 0 spiro atoms. The van der Waals surface area contributed by atoms with Gasteiger partial charge in [-0.25, -0.2) is 9.59 Å². The number of carbonyl (C=O) groups excluding carboxylic acids is 2. The Morgan fingerprint density at radius 1 is 1.00 bits per heavy atom. The molecule has 0 bridgehead atoms. The molecule has 0 fully saturated rings. The zero-order valence-electron chi connectivity index (χ0n) is 18.4. The summed E-state index contributed by atoms with van der Waals surface area (Å²) in [6.07, 6.45) is -0.399. The van der Waals surface area contributed by atoms with E-state index >= 15 is 0 Å². The van der Waals surface area contributed by atoms with Crippen LogP contribution in [0.15, 0.2) is 71.2 Å². The maximum atomic E-state index is 12.6. The van der Waals surface area contributed by atoms with Crippen molar-refractivity contribution in [2.75, 3.05) is 11.9 Å². The number of hydrogen-bond donors (Lipinski definition) is 3. The van der Waals surface area contributed by atoms with Gasteiger partial charge in [0.1, 0.15) is 12.6 Å². The molecule has 0 saturated carbocycles. The number of carboxylic acid groups (broad SMARTS) is 1. The number of halogens is 1. The largest absolute Gasteiger partial charge is 0.480 e. The molecule has 3 aromatic rings. The lowest BCUT2D eigenvalue weighted by Crippen LogP contribution is -2.40. The van der Waals surface area contributed by atoms with E-state index in [1.54, 1.807) is 19.1 Å². The molecule has 0 saturated heterocycles. The molecule has 8 heteroatoms. The van der Waals surface area contributed by atoms with Crippen LogP contribution >= 0.6 is 15.9 Å². The maximum Gasteiger partial charge on any atom is 0.411 e. The second-order valence-electron chi connectivity index (χ2n) is 7.92. The highest BCUT2D eigenvalue weighted by Crippen LogP contribution is 2.44. The Kier molecular flexibility index (Phi) is 6.98. The number of anilines is 1. The van der Waals surface area contributed by atoms with Crippen molar-refractivity contribution >= 4 is 39.6 Å². The number of amides is 2. The quantitative estimate of drug-likeness (QED) is 0.385. The summed E-state index contributed by atoms with van der Waals surface area (Å²) in [5.74, 6) is -1.73. The molecule has 3 aromatic carbocycles. The number of nitrogens with one attached hydrogen (secondary N) is 2. The number of ether oxygens (including phenoxy) is 1. The van der Waals surface area contributed by atoms with Crippen LogP contribution in [0.3, 0.4) is 0 Å². The van der Waals surface area contributed by atoms with Crippen molar-refractivity contribution in [2.24, 2.45) is 0 Å². The SMILES string of the molecule is CCC(NC(=O)c1cc(NC(=O)OCC2c3ccccc3-c3ccccc32)ccc1Br)C(=O)O. The van der Waals surface area contributed by atoms with E-state index in [2.05, 4.69) is 38.7 Å². The predicted octanol–water partition coefficient (Wildman–Crippen LogP) is 5.40. The number of benzene rings is 3. The van der Waals surface area contributed by atoms with Gasteiger partial charge in [-0.1, -0.05) is 55.5 Å². The number of hydrogen-bond acceptors (Lipinski definition) is 4. The summed E-state index contributed by atoms with van der Waals surface area (Å²) in [7, 11) is 0. The average Bonchev–Trinajstić information content (AvgIpc) is 3.15. The first-order valence-electron chi connectivity index (χ1n) is 10.8. The van der Waals surface area contributed by atoms with Crippen molar-refractivity contribution in [2.45, 2.75) is 25.3 Å². The summed E-state index contributed by atoms with van der Waals surface area (Å²) >= 11 is 3.30. The Balaban J connectivity index is 1.44. The second-order valence-corrected chi connectivity index (χ2v) is 8.77. The van der Waals surface area contributed by atoms with Crippen LogP contribution < -0.4 is 10.6 Å². The van der Waals surface area contributed by atoms with E-state index in [1.807, 2.05) is 36.4 Å². The zero-order valence-corrected chi connectivity index (χ0v) is 20.0. The first-order valence-corrected chi connectivity index (χ1v) is 11.6. The Bertz CT molecular complexity index is 1210. The number of carboxylic acids is 1.